The Bertz CT molecular complexity index is 1070. The standard InChI is InChI=1S/C19H17ClN4O5/c1-28-16-5-3-4-13(18(16)29-2)11-23-17(8-9-21-23)22-19(25)12-6-7-14(20)15(10-12)24(26)27/h3-10H,11H2,1-2H3,(H,22,25). The largest absolute Gasteiger partial charge is 0.493 e. The van der Waals surface area contributed by atoms with Crippen LogP contribution >= 0.6 is 11.6 Å². The third-order valence-electron chi connectivity index (χ3n) is 4.17. The minimum atomic E-state index is -0.640. The van der Waals surface area contributed by atoms with E-state index in [0.717, 1.165) is 11.6 Å². The summed E-state index contributed by atoms with van der Waals surface area (Å²) in [5.74, 6) is 1.04. The van der Waals surface area contributed by atoms with Crippen molar-refractivity contribution in [3.05, 3.63) is 74.9 Å². The number of ether oxygens (including phenoxy) is 2. The first kappa shape index (κ1) is 20.2. The van der Waals surface area contributed by atoms with Crippen LogP contribution in [0.5, 0.6) is 11.5 Å². The maximum Gasteiger partial charge on any atom is 0.288 e. The number of anilines is 1. The molecule has 3 aromatic rings. The predicted molar refractivity (Wildman–Crippen MR) is 107 cm³/mol. The number of carbonyl (C=O) groups excluding carboxylic acids is 1. The lowest BCUT2D eigenvalue weighted by Gasteiger charge is -2.14. The molecule has 0 saturated carbocycles. The van der Waals surface area contributed by atoms with E-state index in [9.17, 15) is 14.9 Å². The fourth-order valence-corrected chi connectivity index (χ4v) is 2.97. The van der Waals surface area contributed by atoms with Gasteiger partial charge in [-0.1, -0.05) is 23.7 Å². The molecule has 3 rings (SSSR count). The van der Waals surface area contributed by atoms with Crippen LogP contribution in [-0.4, -0.2) is 34.8 Å². The number of halogens is 1. The summed E-state index contributed by atoms with van der Waals surface area (Å²) in [6.07, 6.45) is 1.53. The Hall–Kier alpha value is -3.59. The van der Waals surface area contributed by atoms with Crippen molar-refractivity contribution in [2.75, 3.05) is 19.5 Å². The Balaban J connectivity index is 1.84. The SMILES string of the molecule is COc1cccc(Cn2nccc2NC(=O)c2ccc(Cl)c([N+](=O)[O-])c2)c1OC. The fourth-order valence-electron chi connectivity index (χ4n) is 2.79. The zero-order chi connectivity index (χ0) is 21.0. The van der Waals surface area contributed by atoms with Crippen molar-refractivity contribution < 1.29 is 19.2 Å². The minimum absolute atomic E-state index is 0.0401. The monoisotopic (exact) mass is 416 g/mol. The smallest absolute Gasteiger partial charge is 0.288 e. The van der Waals surface area contributed by atoms with E-state index in [1.807, 2.05) is 12.1 Å². The van der Waals surface area contributed by atoms with Gasteiger partial charge in [0.2, 0.25) is 0 Å². The molecule has 0 aliphatic heterocycles. The van der Waals surface area contributed by atoms with E-state index in [4.69, 9.17) is 21.1 Å². The number of benzene rings is 2. The summed E-state index contributed by atoms with van der Waals surface area (Å²) in [5, 5.41) is 17.9. The van der Waals surface area contributed by atoms with Crippen molar-refractivity contribution in [1.29, 1.82) is 0 Å². The van der Waals surface area contributed by atoms with Crippen LogP contribution < -0.4 is 14.8 Å². The van der Waals surface area contributed by atoms with Crippen molar-refractivity contribution in [1.82, 2.24) is 9.78 Å². The van der Waals surface area contributed by atoms with Gasteiger partial charge in [-0.15, -0.1) is 0 Å². The van der Waals surface area contributed by atoms with Crippen LogP contribution in [0, 0.1) is 10.1 Å². The Labute approximate surface area is 171 Å². The number of hydrogen-bond acceptors (Lipinski definition) is 6. The normalized spacial score (nSPS) is 10.4. The first-order valence-electron chi connectivity index (χ1n) is 8.41. The molecule has 0 atom stereocenters. The van der Waals surface area contributed by atoms with E-state index in [2.05, 4.69) is 10.4 Å². The maximum atomic E-state index is 12.6. The van der Waals surface area contributed by atoms with Gasteiger partial charge in [-0.2, -0.15) is 5.10 Å². The number of carbonyl (C=O) groups is 1. The topological polar surface area (TPSA) is 109 Å². The second-order valence-corrected chi connectivity index (χ2v) is 6.31. The molecule has 1 heterocycles. The summed E-state index contributed by atoms with van der Waals surface area (Å²) < 4.78 is 12.3. The number of para-hydroxylation sites is 1. The second-order valence-electron chi connectivity index (χ2n) is 5.90. The van der Waals surface area contributed by atoms with Crippen LogP contribution in [0.1, 0.15) is 15.9 Å². The van der Waals surface area contributed by atoms with Gasteiger partial charge in [-0.25, -0.2) is 4.68 Å². The molecule has 150 valence electrons. The van der Waals surface area contributed by atoms with Crippen LogP contribution in [0.15, 0.2) is 48.7 Å². The number of aromatic nitrogens is 2. The van der Waals surface area contributed by atoms with E-state index in [1.54, 1.807) is 31.0 Å². The molecule has 0 aliphatic carbocycles. The van der Waals surface area contributed by atoms with Gasteiger partial charge in [0.15, 0.2) is 11.5 Å². The summed E-state index contributed by atoms with van der Waals surface area (Å²) in [6, 6.07) is 10.9. The fraction of sp³-hybridized carbons (Fsp3) is 0.158. The van der Waals surface area contributed by atoms with E-state index in [0.29, 0.717) is 23.9 Å². The molecule has 10 heteroatoms. The number of amides is 1. The molecule has 0 saturated heterocycles. The van der Waals surface area contributed by atoms with Crippen LogP contribution in [0.4, 0.5) is 11.5 Å². The molecule has 1 N–H and O–H groups in total. The molecule has 2 aromatic carbocycles. The number of nitro groups is 1. The zero-order valence-electron chi connectivity index (χ0n) is 15.6. The molecule has 1 aromatic heterocycles. The number of nitro benzene ring substituents is 1. The molecule has 0 bridgehead atoms. The molecule has 0 aliphatic rings. The highest BCUT2D eigenvalue weighted by Crippen LogP contribution is 2.31. The molecular formula is C19H17ClN4O5. The number of nitrogens with zero attached hydrogens (tertiary/aromatic N) is 3. The lowest BCUT2D eigenvalue weighted by Crippen LogP contribution is -2.16. The molecule has 1 amide bonds. The van der Waals surface area contributed by atoms with Crippen molar-refractivity contribution in [2.24, 2.45) is 0 Å². The average molecular weight is 417 g/mol. The number of hydrogen-bond donors (Lipinski definition) is 1. The second kappa shape index (κ2) is 8.61. The van der Waals surface area contributed by atoms with E-state index < -0.39 is 10.8 Å². The summed E-state index contributed by atoms with van der Waals surface area (Å²) in [7, 11) is 3.09. The zero-order valence-corrected chi connectivity index (χ0v) is 16.3. The van der Waals surface area contributed by atoms with Gasteiger partial charge in [-0.3, -0.25) is 14.9 Å². The number of methoxy groups -OCH3 is 2. The molecule has 0 radical (unpaired) electrons. The van der Waals surface area contributed by atoms with Gasteiger partial charge < -0.3 is 14.8 Å². The minimum Gasteiger partial charge on any atom is -0.493 e. The quantitative estimate of drug-likeness (QED) is 0.464. The first-order valence-corrected chi connectivity index (χ1v) is 8.79. The molecular weight excluding hydrogens is 400 g/mol. The first-order chi connectivity index (χ1) is 13.9. The van der Waals surface area contributed by atoms with Crippen LogP contribution in [0.25, 0.3) is 0 Å². The summed E-state index contributed by atoms with van der Waals surface area (Å²) in [4.78, 5) is 23.0. The van der Waals surface area contributed by atoms with E-state index in [1.165, 1.54) is 18.3 Å². The van der Waals surface area contributed by atoms with Crippen molar-refractivity contribution in [2.45, 2.75) is 6.54 Å². The van der Waals surface area contributed by atoms with Crippen LogP contribution in [0.2, 0.25) is 5.02 Å². The highest BCUT2D eigenvalue weighted by molar-refractivity contribution is 6.32. The maximum absolute atomic E-state index is 12.6. The highest BCUT2D eigenvalue weighted by Gasteiger charge is 2.18. The van der Waals surface area contributed by atoms with Gasteiger partial charge in [-0.05, 0) is 18.2 Å². The lowest BCUT2D eigenvalue weighted by molar-refractivity contribution is -0.384. The molecule has 29 heavy (non-hydrogen) atoms. The number of nitrogens with one attached hydrogen (secondary N) is 1. The number of rotatable bonds is 7. The highest BCUT2D eigenvalue weighted by atomic mass is 35.5. The summed E-state index contributed by atoms with van der Waals surface area (Å²) >= 11 is 5.80. The third kappa shape index (κ3) is 4.30. The molecule has 9 nitrogen and oxygen atoms in total. The van der Waals surface area contributed by atoms with Gasteiger partial charge in [0.25, 0.3) is 11.6 Å². The molecule has 0 spiro atoms. The van der Waals surface area contributed by atoms with E-state index in [-0.39, 0.29) is 16.3 Å². The lowest BCUT2D eigenvalue weighted by atomic mass is 10.2. The van der Waals surface area contributed by atoms with Crippen molar-refractivity contribution in [3.63, 3.8) is 0 Å². The average Bonchev–Trinajstić information content (AvgIpc) is 3.14. The van der Waals surface area contributed by atoms with Gasteiger partial charge in [0.1, 0.15) is 10.8 Å². The predicted octanol–water partition coefficient (Wildman–Crippen LogP) is 3.76. The van der Waals surface area contributed by atoms with Crippen molar-refractivity contribution >= 4 is 29.0 Å². The van der Waals surface area contributed by atoms with Gasteiger partial charge in [0.05, 0.1) is 31.9 Å². The Morgan fingerprint density at radius 1 is 1.24 bits per heavy atom. The van der Waals surface area contributed by atoms with Gasteiger partial charge >= 0.3 is 0 Å². The molecule has 0 fully saturated rings. The summed E-state index contributed by atoms with van der Waals surface area (Å²) in [5.41, 5.74) is 0.565. The van der Waals surface area contributed by atoms with Gasteiger partial charge in [0, 0.05) is 23.3 Å². The summed E-state index contributed by atoms with van der Waals surface area (Å²) in [6.45, 7) is 0.309. The van der Waals surface area contributed by atoms with Crippen LogP contribution in [-0.2, 0) is 6.54 Å². The molecule has 0 unspecified atom stereocenters. The van der Waals surface area contributed by atoms with Crippen LogP contribution in [0.3, 0.4) is 0 Å². The Morgan fingerprint density at radius 3 is 2.72 bits per heavy atom. The third-order valence-corrected chi connectivity index (χ3v) is 4.49. The Kier molecular flexibility index (Phi) is 5.99. The Morgan fingerprint density at radius 2 is 2.03 bits per heavy atom. The van der Waals surface area contributed by atoms with E-state index >= 15 is 0 Å². The van der Waals surface area contributed by atoms with Crippen molar-refractivity contribution in [3.8, 4) is 11.5 Å².